The van der Waals surface area contributed by atoms with E-state index in [1.807, 2.05) is 110 Å². The first-order valence-electron chi connectivity index (χ1n) is 39.6. The number of methoxy groups -OCH3 is 6. The number of carbonyl (C=O) groups is 8. The molecule has 0 saturated heterocycles. The average Bonchev–Trinajstić information content (AvgIpc) is 1.10. The lowest BCUT2D eigenvalue weighted by molar-refractivity contribution is -0.457. The molecule has 12 rings (SSSR count). The summed E-state index contributed by atoms with van der Waals surface area (Å²) in [6.07, 6.45) is 3.84. The molecule has 0 radical (unpaired) electrons. The van der Waals surface area contributed by atoms with Gasteiger partial charge in [-0.3, -0.25) is 28.8 Å². The number of nitrogens with one attached hydrogen (secondary N) is 4. The number of fused-ring (bicyclic) bond motifs is 22. The summed E-state index contributed by atoms with van der Waals surface area (Å²) < 4.78 is 243. The number of aromatic nitrogens is 8. The quantitative estimate of drug-likeness (QED) is 0.0164. The van der Waals surface area contributed by atoms with Crippen LogP contribution in [0.25, 0.3) is 77.8 Å². The van der Waals surface area contributed by atoms with Gasteiger partial charge in [-0.1, -0.05) is 49.6 Å². The van der Waals surface area contributed by atoms with Gasteiger partial charge in [0.05, 0.1) is 110 Å². The molecule has 706 valence electrons. The van der Waals surface area contributed by atoms with Crippen LogP contribution in [0.1, 0.15) is 171 Å². The molecule has 0 saturated carbocycles. The van der Waals surface area contributed by atoms with E-state index in [9.17, 15) is 123 Å². The first-order chi connectivity index (χ1) is 61.3. The Labute approximate surface area is 748 Å². The molecule has 8 aliphatic rings. The van der Waals surface area contributed by atoms with E-state index in [0.717, 1.165) is 89.0 Å². The predicted octanol–water partition coefficient (Wildman–Crippen LogP) is 19.6. The molecule has 0 amide bonds. The molecule has 16 bridgehead atoms. The maximum absolute atomic E-state index is 13.7. The van der Waals surface area contributed by atoms with Gasteiger partial charge in [0.2, 0.25) is 0 Å². The van der Waals surface area contributed by atoms with E-state index in [0.29, 0.717) is 108 Å². The summed E-state index contributed by atoms with van der Waals surface area (Å²) in [5.74, 6) is -56.9. The summed E-state index contributed by atoms with van der Waals surface area (Å²) in [5.41, 5.74) is 19.9. The molecule has 4 aromatic rings. The number of hydrogen-bond donors (Lipinski definition) is 6. The largest absolute Gasteiger partial charge is 0.481 e. The Morgan fingerprint density at radius 2 is 0.720 bits per heavy atom. The number of rotatable bonds is 24. The minimum atomic E-state index is -8.58. The van der Waals surface area contributed by atoms with Gasteiger partial charge in [-0.2, -0.15) is 74.6 Å². The summed E-state index contributed by atoms with van der Waals surface area (Å²) in [6, 6.07) is 15.2. The number of ether oxygens (including phenoxy) is 6. The van der Waals surface area contributed by atoms with Crippen LogP contribution in [0.5, 0.6) is 0 Å². The minimum absolute atomic E-state index is 0.0776. The normalized spacial score (nSPS) is 18.1. The number of esters is 6. The smallest absolute Gasteiger partial charge is 0.460 e. The molecular weight excluding hydrogens is 1850 g/mol. The van der Waals surface area contributed by atoms with Crippen molar-refractivity contribution in [2.45, 2.75) is 164 Å². The monoisotopic (exact) mass is 1930 g/mol. The zero-order chi connectivity index (χ0) is 98.7. The van der Waals surface area contributed by atoms with E-state index < -0.39 is 105 Å². The Bertz CT molecular complexity index is 6220. The fourth-order valence-electron chi connectivity index (χ4n) is 16.5. The lowest BCUT2D eigenvalue weighted by Gasteiger charge is -2.42. The van der Waals surface area contributed by atoms with E-state index in [1.165, 1.54) is 42.7 Å². The van der Waals surface area contributed by atoms with Crippen LogP contribution in [0.2, 0.25) is 0 Å². The van der Waals surface area contributed by atoms with Crippen LogP contribution in [-0.2, 0) is 90.4 Å². The maximum atomic E-state index is 13.7. The fraction of sp³-hybridized carbons (Fsp3) is 0.378. The highest BCUT2D eigenvalue weighted by atomic mass is 79.9. The van der Waals surface area contributed by atoms with Gasteiger partial charge in [0.15, 0.2) is 0 Å². The van der Waals surface area contributed by atoms with E-state index in [-0.39, 0.29) is 61.6 Å². The molecule has 4 aromatic heterocycles. The molecule has 10 heterocycles. The summed E-state index contributed by atoms with van der Waals surface area (Å²) in [4.78, 5) is 130. The lowest BCUT2D eigenvalue weighted by Crippen LogP contribution is -2.74. The number of alkyl halides is 18. The van der Waals surface area contributed by atoms with Gasteiger partial charge >= 0.3 is 94.3 Å². The molecule has 2 aliphatic carbocycles. The van der Waals surface area contributed by atoms with Gasteiger partial charge in [0.25, 0.3) is 0 Å². The van der Waals surface area contributed by atoms with Crippen LogP contribution in [-0.4, -0.2) is 187 Å². The number of aromatic amines is 4. The molecule has 132 heavy (non-hydrogen) atoms. The molecule has 24 nitrogen and oxygen atoms in total. The number of carboxylic acids is 2. The topological polar surface area (TPSA) is 347 Å². The van der Waals surface area contributed by atoms with Gasteiger partial charge in [-0.25, -0.2) is 29.5 Å². The van der Waals surface area contributed by atoms with Gasteiger partial charge < -0.3 is 58.6 Å². The van der Waals surface area contributed by atoms with Gasteiger partial charge in [-0.15, -0.1) is 0 Å². The first kappa shape index (κ1) is 101. The molecule has 0 aromatic carbocycles. The molecular formula is C90H84BrF17N8O16. The number of H-pyrrole nitrogens is 4. The van der Waals surface area contributed by atoms with Crippen molar-refractivity contribution >= 4 is 141 Å². The molecule has 6 aliphatic heterocycles. The Morgan fingerprint density at radius 3 is 1.05 bits per heavy atom. The summed E-state index contributed by atoms with van der Waals surface area (Å²) in [6.45, 7) is 23.5. The van der Waals surface area contributed by atoms with Crippen LogP contribution < -0.4 is 0 Å². The van der Waals surface area contributed by atoms with Crippen molar-refractivity contribution < 1.29 is 152 Å². The van der Waals surface area contributed by atoms with E-state index in [1.54, 1.807) is 30.4 Å². The molecule has 42 heteroatoms. The van der Waals surface area contributed by atoms with Gasteiger partial charge in [0, 0.05) is 81.7 Å². The SMILES string of the molecule is C=CC1=C(C)c2cc3[nH]c(cc4nc(cc5[nH]c(cc1n2)c(C)c5CCC(=O)O)C(CCC(=O)OC)=C4C)[C@@]1(C)C3=CC=C(C(=O)OC)[C@H]1C(=O)OC.C=CC1=C(C)c2cc3[nH]c(cc4nc(cc5[nH]c(cc1n2)c(C)c5CCC(=O)OC)C(CCC(=O)O)=C4C)[C@@]1(C)C3=CC=C(C(=O)OC)[C@H]1C(=O)OC.FC(F)(F)C(F)(F)C(F)(F)C(F)(F)C(F)(F)C(F)(F)C(F)(F)C(F)(F)Br. The highest BCUT2D eigenvalue weighted by molar-refractivity contribution is 9.10. The van der Waals surface area contributed by atoms with Crippen LogP contribution >= 0.6 is 15.9 Å². The zero-order valence-electron chi connectivity index (χ0n) is 72.5. The summed E-state index contributed by atoms with van der Waals surface area (Å²) in [7, 11) is 7.79. The van der Waals surface area contributed by atoms with Crippen molar-refractivity contribution in [1.82, 2.24) is 39.9 Å². The van der Waals surface area contributed by atoms with Crippen molar-refractivity contribution in [2.24, 2.45) is 11.8 Å². The Kier molecular flexibility index (Phi) is 28.5. The van der Waals surface area contributed by atoms with Crippen LogP contribution in [0.15, 0.2) is 109 Å². The molecule has 0 fully saturated rings. The van der Waals surface area contributed by atoms with Crippen molar-refractivity contribution in [3.05, 3.63) is 200 Å². The molecule has 0 unspecified atom stereocenters. The third-order valence-electron chi connectivity index (χ3n) is 24.1. The highest BCUT2D eigenvalue weighted by Crippen LogP contribution is 2.65. The summed E-state index contributed by atoms with van der Waals surface area (Å²) >= 11 is 0.360. The molecule has 6 N–H and O–H groups in total. The van der Waals surface area contributed by atoms with Crippen molar-refractivity contribution in [2.75, 3.05) is 42.7 Å². The molecule has 4 atom stereocenters. The fourth-order valence-corrected chi connectivity index (χ4v) is 16.8. The van der Waals surface area contributed by atoms with Crippen LogP contribution in [0.4, 0.5) is 74.6 Å². The number of aliphatic carboxylic acids is 2. The standard InChI is InChI=1S/2C41H42N4O8.C8BrF17/c1-9-23-20(2)29-17-34-27-13-10-26(39(49)52-7)38(40(50)53-8)41(27,5)35(45-34)19-30-22(4)24(11-14-36(46)47)32(44-30)18-33-25(12-15-37(48)51-6)21(3)28(43-33)16-31(23)42-29;1-9-23-20(2)29-17-34-27-13-10-26(39(49)52-7)38(40(50)53-8)41(27,5)35(45-34)19-30-22(4)25(12-15-37(48)51-6)33(44-30)18-32-24(11-14-36(46)47)21(3)28(43-32)16-31(23)42-29;9-7(22,23)5(18,19)3(14,15)1(10,11)2(12,13)4(16,17)6(20,21)8(24,25)26/h2*9-10,13,16-19,38,43,45H,1,11-12,14-15H2,2-8H3,(H,46,47);/t2*38-,41+;/m00./s1. The molecule has 0 spiro atoms. The summed E-state index contributed by atoms with van der Waals surface area (Å²) in [5, 5.41) is 19.3. The Balaban J connectivity index is 0.000000218. The minimum Gasteiger partial charge on any atom is -0.481 e. The van der Waals surface area contributed by atoms with E-state index in [2.05, 4.69) is 33.1 Å². The number of nitrogens with zero attached hydrogens (tertiary/aromatic N) is 4. The second-order valence-electron chi connectivity index (χ2n) is 31.5. The predicted molar refractivity (Wildman–Crippen MR) is 450 cm³/mol. The number of hydrogen-bond acceptors (Lipinski definition) is 18. The van der Waals surface area contributed by atoms with Crippen molar-refractivity contribution in [1.29, 1.82) is 0 Å². The third-order valence-corrected chi connectivity index (χ3v) is 24.6. The van der Waals surface area contributed by atoms with Crippen LogP contribution in [0, 0.1) is 25.7 Å². The zero-order valence-corrected chi connectivity index (χ0v) is 74.1. The number of carbonyl (C=O) groups excluding carboxylic acids is 6. The van der Waals surface area contributed by atoms with Gasteiger partial charge in [0.1, 0.15) is 11.8 Å². The second kappa shape index (κ2) is 37.1. The number of allylic oxidation sites excluding steroid dienone is 16. The van der Waals surface area contributed by atoms with E-state index in [4.69, 9.17) is 48.4 Å². The number of carboxylic acid groups (broad SMARTS) is 2. The third kappa shape index (κ3) is 17.6. The lowest BCUT2D eigenvalue weighted by atomic mass is 9.64. The number of halogens is 18. The second-order valence-corrected chi connectivity index (χ2v) is 32.5. The van der Waals surface area contributed by atoms with Crippen LogP contribution in [0.3, 0.4) is 0 Å². The Hall–Kier alpha value is -12.8. The Morgan fingerprint density at radius 1 is 0.402 bits per heavy atom. The highest BCUT2D eigenvalue weighted by Gasteiger charge is 2.95. The van der Waals surface area contributed by atoms with Crippen molar-refractivity contribution in [3.8, 4) is 0 Å². The number of aryl methyl sites for hydroxylation is 4. The van der Waals surface area contributed by atoms with E-state index >= 15 is 0 Å². The average molecular weight is 1940 g/mol. The van der Waals surface area contributed by atoms with Crippen molar-refractivity contribution in [3.63, 3.8) is 0 Å². The van der Waals surface area contributed by atoms with Gasteiger partial charge in [-0.05, 0) is 212 Å². The first-order valence-corrected chi connectivity index (χ1v) is 40.4. The maximum Gasteiger partial charge on any atom is 0.460 e.